The summed E-state index contributed by atoms with van der Waals surface area (Å²) < 4.78 is 33.5. The van der Waals surface area contributed by atoms with Crippen LogP contribution in [-0.4, -0.2) is 11.1 Å². The highest BCUT2D eigenvalue weighted by atomic mass is 19.1. The number of ether oxygens (including phenoxy) is 1. The van der Waals surface area contributed by atoms with Gasteiger partial charge in [-0.15, -0.1) is 0 Å². The SMILES string of the molecule is O=C(O)c1ccc(-c2ccc(OCc3ccccc3)c(F)c2)cc1F. The Kier molecular flexibility index (Phi) is 4.75. The second kappa shape index (κ2) is 7.13. The molecule has 1 N–H and O–H groups in total. The number of benzene rings is 3. The first-order valence-electron chi connectivity index (χ1n) is 7.54. The van der Waals surface area contributed by atoms with E-state index in [1.165, 1.54) is 18.2 Å². The molecule has 0 amide bonds. The van der Waals surface area contributed by atoms with Crippen molar-refractivity contribution < 1.29 is 23.4 Å². The Hall–Kier alpha value is -3.21. The van der Waals surface area contributed by atoms with Crippen LogP contribution in [-0.2, 0) is 6.61 Å². The predicted molar refractivity (Wildman–Crippen MR) is 89.5 cm³/mol. The fraction of sp³-hybridized carbons (Fsp3) is 0.0500. The van der Waals surface area contributed by atoms with Gasteiger partial charge in [0.15, 0.2) is 11.6 Å². The highest BCUT2D eigenvalue weighted by Crippen LogP contribution is 2.27. The fourth-order valence-corrected chi connectivity index (χ4v) is 2.40. The van der Waals surface area contributed by atoms with E-state index in [4.69, 9.17) is 9.84 Å². The first-order chi connectivity index (χ1) is 12.0. The van der Waals surface area contributed by atoms with Gasteiger partial charge in [0.2, 0.25) is 0 Å². The monoisotopic (exact) mass is 340 g/mol. The summed E-state index contributed by atoms with van der Waals surface area (Å²) in [6.07, 6.45) is 0. The molecular formula is C20H14F2O3. The van der Waals surface area contributed by atoms with Gasteiger partial charge < -0.3 is 9.84 Å². The zero-order chi connectivity index (χ0) is 17.8. The molecule has 3 rings (SSSR count). The number of carboxylic acids is 1. The number of carbonyl (C=O) groups is 1. The number of carboxylic acid groups (broad SMARTS) is 1. The Morgan fingerprint density at radius 1 is 0.880 bits per heavy atom. The standard InChI is InChI=1S/C20H14F2O3/c21-17-10-14(6-8-16(17)20(23)24)15-7-9-19(18(22)11-15)25-12-13-4-2-1-3-5-13/h1-11H,12H2,(H,23,24). The lowest BCUT2D eigenvalue weighted by Gasteiger charge is -2.09. The van der Waals surface area contributed by atoms with Crippen LogP contribution in [0.2, 0.25) is 0 Å². The van der Waals surface area contributed by atoms with Crippen LogP contribution in [0, 0.1) is 11.6 Å². The van der Waals surface area contributed by atoms with Gasteiger partial charge in [0.25, 0.3) is 0 Å². The molecule has 126 valence electrons. The van der Waals surface area contributed by atoms with Gasteiger partial charge >= 0.3 is 5.97 Å². The Morgan fingerprint density at radius 2 is 1.52 bits per heavy atom. The zero-order valence-electron chi connectivity index (χ0n) is 13.1. The Morgan fingerprint density at radius 3 is 2.12 bits per heavy atom. The summed E-state index contributed by atoms with van der Waals surface area (Å²) >= 11 is 0. The Labute approximate surface area is 143 Å². The van der Waals surface area contributed by atoms with E-state index in [0.29, 0.717) is 11.1 Å². The largest absolute Gasteiger partial charge is 0.486 e. The van der Waals surface area contributed by atoms with Crippen molar-refractivity contribution in [2.24, 2.45) is 0 Å². The second-order valence-electron chi connectivity index (χ2n) is 5.42. The summed E-state index contributed by atoms with van der Waals surface area (Å²) in [6, 6.07) is 17.3. The summed E-state index contributed by atoms with van der Waals surface area (Å²) in [5.41, 5.74) is 1.31. The Bertz CT molecular complexity index is 908. The van der Waals surface area contributed by atoms with Crippen molar-refractivity contribution in [3.8, 4) is 16.9 Å². The maximum atomic E-state index is 14.2. The molecule has 25 heavy (non-hydrogen) atoms. The molecule has 0 aliphatic carbocycles. The van der Waals surface area contributed by atoms with Crippen LogP contribution >= 0.6 is 0 Å². The molecule has 0 fully saturated rings. The molecule has 3 aromatic rings. The van der Waals surface area contributed by atoms with E-state index in [2.05, 4.69) is 0 Å². The maximum Gasteiger partial charge on any atom is 0.338 e. The lowest BCUT2D eigenvalue weighted by molar-refractivity contribution is 0.0692. The van der Waals surface area contributed by atoms with Gasteiger partial charge in [0.1, 0.15) is 12.4 Å². The van der Waals surface area contributed by atoms with Crippen LogP contribution in [0.3, 0.4) is 0 Å². The lowest BCUT2D eigenvalue weighted by Crippen LogP contribution is -2.00. The normalized spacial score (nSPS) is 10.5. The molecule has 0 bridgehead atoms. The second-order valence-corrected chi connectivity index (χ2v) is 5.42. The van der Waals surface area contributed by atoms with E-state index in [9.17, 15) is 13.6 Å². The fourth-order valence-electron chi connectivity index (χ4n) is 2.40. The van der Waals surface area contributed by atoms with Gasteiger partial charge in [-0.25, -0.2) is 13.6 Å². The van der Waals surface area contributed by atoms with Crippen molar-refractivity contribution >= 4 is 5.97 Å². The van der Waals surface area contributed by atoms with Crippen LogP contribution in [0.25, 0.3) is 11.1 Å². The molecule has 3 aromatic carbocycles. The molecular weight excluding hydrogens is 326 g/mol. The van der Waals surface area contributed by atoms with Crippen LogP contribution < -0.4 is 4.74 Å². The van der Waals surface area contributed by atoms with E-state index in [-0.39, 0.29) is 12.4 Å². The van der Waals surface area contributed by atoms with E-state index in [1.54, 1.807) is 6.07 Å². The van der Waals surface area contributed by atoms with Crippen LogP contribution in [0.15, 0.2) is 66.7 Å². The molecule has 0 saturated heterocycles. The van der Waals surface area contributed by atoms with Crippen molar-refractivity contribution in [1.82, 2.24) is 0 Å². The number of halogens is 2. The summed E-state index contributed by atoms with van der Waals surface area (Å²) in [5, 5.41) is 8.84. The molecule has 0 aliphatic heterocycles. The molecule has 0 unspecified atom stereocenters. The van der Waals surface area contributed by atoms with Gasteiger partial charge in [-0.05, 0) is 41.0 Å². The van der Waals surface area contributed by atoms with Gasteiger partial charge in [0, 0.05) is 0 Å². The topological polar surface area (TPSA) is 46.5 Å². The molecule has 0 aliphatic rings. The van der Waals surface area contributed by atoms with Crippen molar-refractivity contribution in [2.45, 2.75) is 6.61 Å². The number of rotatable bonds is 5. The quantitative estimate of drug-likeness (QED) is 0.718. The third-order valence-electron chi connectivity index (χ3n) is 3.70. The molecule has 0 aromatic heterocycles. The third kappa shape index (κ3) is 3.83. The van der Waals surface area contributed by atoms with Crippen molar-refractivity contribution in [3.63, 3.8) is 0 Å². The molecule has 0 spiro atoms. The highest BCUT2D eigenvalue weighted by molar-refractivity contribution is 5.88. The maximum absolute atomic E-state index is 14.2. The van der Waals surface area contributed by atoms with Crippen molar-refractivity contribution in [2.75, 3.05) is 0 Å². The van der Waals surface area contributed by atoms with E-state index in [0.717, 1.165) is 17.7 Å². The summed E-state index contributed by atoms with van der Waals surface area (Å²) in [6.45, 7) is 0.235. The molecule has 0 saturated carbocycles. The van der Waals surface area contributed by atoms with Gasteiger partial charge in [0.05, 0.1) is 5.56 Å². The third-order valence-corrected chi connectivity index (χ3v) is 3.70. The number of aromatic carboxylic acids is 1. The molecule has 5 heteroatoms. The van der Waals surface area contributed by atoms with Gasteiger partial charge in [-0.2, -0.15) is 0 Å². The lowest BCUT2D eigenvalue weighted by atomic mass is 10.0. The smallest absolute Gasteiger partial charge is 0.338 e. The molecule has 0 atom stereocenters. The molecule has 0 heterocycles. The minimum Gasteiger partial charge on any atom is -0.486 e. The first kappa shape index (κ1) is 16.6. The van der Waals surface area contributed by atoms with Crippen molar-refractivity contribution in [3.05, 3.63) is 89.5 Å². The highest BCUT2D eigenvalue weighted by Gasteiger charge is 2.12. The van der Waals surface area contributed by atoms with E-state index in [1.807, 2.05) is 30.3 Å². The van der Waals surface area contributed by atoms with Crippen molar-refractivity contribution in [1.29, 1.82) is 0 Å². The number of hydrogen-bond donors (Lipinski definition) is 1. The van der Waals surface area contributed by atoms with Gasteiger partial charge in [-0.1, -0.05) is 42.5 Å². The van der Waals surface area contributed by atoms with Gasteiger partial charge in [-0.3, -0.25) is 0 Å². The molecule has 0 radical (unpaired) electrons. The minimum atomic E-state index is -1.35. The molecule has 3 nitrogen and oxygen atoms in total. The van der Waals surface area contributed by atoms with E-state index >= 15 is 0 Å². The zero-order valence-corrected chi connectivity index (χ0v) is 13.1. The summed E-state index contributed by atoms with van der Waals surface area (Å²) in [4.78, 5) is 10.8. The first-order valence-corrected chi connectivity index (χ1v) is 7.54. The van der Waals surface area contributed by atoms with Crippen LogP contribution in [0.5, 0.6) is 5.75 Å². The Balaban J connectivity index is 1.80. The van der Waals surface area contributed by atoms with Crippen LogP contribution in [0.4, 0.5) is 8.78 Å². The van der Waals surface area contributed by atoms with E-state index < -0.39 is 23.2 Å². The summed E-state index contributed by atoms with van der Waals surface area (Å²) in [7, 11) is 0. The van der Waals surface area contributed by atoms with Crippen LogP contribution in [0.1, 0.15) is 15.9 Å². The number of hydrogen-bond acceptors (Lipinski definition) is 2. The minimum absolute atomic E-state index is 0.0928. The summed E-state index contributed by atoms with van der Waals surface area (Å²) in [5.74, 6) is -2.69. The predicted octanol–water partition coefficient (Wildman–Crippen LogP) is 4.91. The average Bonchev–Trinajstić information content (AvgIpc) is 2.61. The average molecular weight is 340 g/mol.